The molecule has 0 unspecified atom stereocenters. The largest absolute Gasteiger partial charge is 0.497 e. The fraction of sp³-hybridized carbons (Fsp3) is 0.500. The molecule has 4 nitrogen and oxygen atoms in total. The van der Waals surface area contributed by atoms with E-state index in [1.54, 1.807) is 7.11 Å². The average molecular weight is 249 g/mol. The van der Waals surface area contributed by atoms with Gasteiger partial charge >= 0.3 is 5.97 Å². The molecule has 1 N–H and O–H groups in total. The molecule has 0 aliphatic carbocycles. The highest BCUT2D eigenvalue weighted by atomic mass is 16.5. The Morgan fingerprint density at radius 2 is 2.17 bits per heavy atom. The smallest absolute Gasteiger partial charge is 0.322 e. The van der Waals surface area contributed by atoms with Crippen LogP contribution in [0.3, 0.4) is 0 Å². The Kier molecular flexibility index (Phi) is 4.20. The van der Waals surface area contributed by atoms with E-state index in [2.05, 4.69) is 17.4 Å². The molecule has 1 aromatic carbocycles. The number of carbonyl (C=O) groups excluding carboxylic acids is 1. The Hall–Kier alpha value is -1.55. The molecule has 0 saturated carbocycles. The molecule has 0 bridgehead atoms. The Morgan fingerprint density at radius 1 is 1.33 bits per heavy atom. The van der Waals surface area contributed by atoms with Crippen molar-refractivity contribution in [2.24, 2.45) is 0 Å². The van der Waals surface area contributed by atoms with Crippen molar-refractivity contribution < 1.29 is 14.3 Å². The minimum Gasteiger partial charge on any atom is -0.497 e. The van der Waals surface area contributed by atoms with Crippen LogP contribution in [0.4, 0.5) is 0 Å². The van der Waals surface area contributed by atoms with Gasteiger partial charge in [-0.2, -0.15) is 0 Å². The minimum absolute atomic E-state index is 0.156. The van der Waals surface area contributed by atoms with Crippen LogP contribution in [0.5, 0.6) is 5.75 Å². The molecule has 1 aliphatic heterocycles. The lowest BCUT2D eigenvalue weighted by molar-refractivity contribution is -0.143. The summed E-state index contributed by atoms with van der Waals surface area (Å²) in [6.45, 7) is 0.799. The third-order valence-electron chi connectivity index (χ3n) is 3.47. The molecular formula is C14H19NO3. The molecule has 1 fully saturated rings. The van der Waals surface area contributed by atoms with Crippen LogP contribution in [0.25, 0.3) is 0 Å². The van der Waals surface area contributed by atoms with Gasteiger partial charge in [0, 0.05) is 6.54 Å². The SMILES string of the molecule is COC(=O)[C@H]1CC[C@@H](c2cccc(OC)c2)CN1. The van der Waals surface area contributed by atoms with Crippen molar-refractivity contribution in [2.75, 3.05) is 20.8 Å². The molecule has 0 amide bonds. The molecule has 18 heavy (non-hydrogen) atoms. The monoisotopic (exact) mass is 249 g/mol. The number of esters is 1. The number of hydrogen-bond donors (Lipinski definition) is 1. The van der Waals surface area contributed by atoms with Crippen molar-refractivity contribution in [3.8, 4) is 5.75 Å². The first-order valence-corrected chi connectivity index (χ1v) is 6.19. The van der Waals surface area contributed by atoms with Crippen molar-refractivity contribution in [3.63, 3.8) is 0 Å². The Morgan fingerprint density at radius 3 is 2.78 bits per heavy atom. The molecule has 98 valence electrons. The van der Waals surface area contributed by atoms with Gasteiger partial charge in [-0.15, -0.1) is 0 Å². The first-order valence-electron chi connectivity index (χ1n) is 6.19. The van der Waals surface area contributed by atoms with Crippen LogP contribution in [0.2, 0.25) is 0 Å². The van der Waals surface area contributed by atoms with Gasteiger partial charge in [0.2, 0.25) is 0 Å². The number of piperidine rings is 1. The van der Waals surface area contributed by atoms with E-state index >= 15 is 0 Å². The zero-order valence-electron chi connectivity index (χ0n) is 10.8. The molecule has 4 heteroatoms. The van der Waals surface area contributed by atoms with E-state index in [4.69, 9.17) is 9.47 Å². The highest BCUT2D eigenvalue weighted by Crippen LogP contribution is 2.27. The molecule has 0 radical (unpaired) electrons. The van der Waals surface area contributed by atoms with Gasteiger partial charge < -0.3 is 14.8 Å². The molecule has 1 heterocycles. The van der Waals surface area contributed by atoms with E-state index in [-0.39, 0.29) is 12.0 Å². The predicted octanol–water partition coefficient (Wildman–Crippen LogP) is 1.70. The maximum absolute atomic E-state index is 11.4. The summed E-state index contributed by atoms with van der Waals surface area (Å²) in [5.74, 6) is 1.14. The molecule has 1 saturated heterocycles. The topological polar surface area (TPSA) is 47.6 Å². The second-order valence-electron chi connectivity index (χ2n) is 4.53. The summed E-state index contributed by atoms with van der Waals surface area (Å²) in [6.07, 6.45) is 1.80. The van der Waals surface area contributed by atoms with Gasteiger partial charge in [-0.05, 0) is 36.5 Å². The molecular weight excluding hydrogens is 230 g/mol. The lowest BCUT2D eigenvalue weighted by atomic mass is 9.88. The number of nitrogens with one attached hydrogen (secondary N) is 1. The Bertz CT molecular complexity index is 411. The fourth-order valence-electron chi connectivity index (χ4n) is 2.38. The van der Waals surface area contributed by atoms with E-state index in [1.807, 2.05) is 12.1 Å². The fourth-order valence-corrected chi connectivity index (χ4v) is 2.38. The Labute approximate surface area is 107 Å². The van der Waals surface area contributed by atoms with Gasteiger partial charge in [-0.3, -0.25) is 4.79 Å². The number of benzene rings is 1. The summed E-state index contributed by atoms with van der Waals surface area (Å²) >= 11 is 0. The maximum Gasteiger partial charge on any atom is 0.322 e. The third kappa shape index (κ3) is 2.82. The van der Waals surface area contributed by atoms with Crippen LogP contribution >= 0.6 is 0 Å². The second-order valence-corrected chi connectivity index (χ2v) is 4.53. The van der Waals surface area contributed by atoms with Crippen molar-refractivity contribution in [3.05, 3.63) is 29.8 Å². The van der Waals surface area contributed by atoms with Gasteiger partial charge in [0.05, 0.1) is 14.2 Å². The quantitative estimate of drug-likeness (QED) is 0.828. The van der Waals surface area contributed by atoms with Crippen LogP contribution in [-0.2, 0) is 9.53 Å². The number of rotatable bonds is 3. The predicted molar refractivity (Wildman–Crippen MR) is 68.8 cm³/mol. The molecule has 2 atom stereocenters. The molecule has 1 aromatic rings. The number of methoxy groups -OCH3 is 2. The second kappa shape index (κ2) is 5.87. The zero-order valence-corrected chi connectivity index (χ0v) is 10.8. The lowest BCUT2D eigenvalue weighted by Gasteiger charge is -2.28. The highest BCUT2D eigenvalue weighted by Gasteiger charge is 2.27. The van der Waals surface area contributed by atoms with E-state index in [0.29, 0.717) is 5.92 Å². The molecule has 0 spiro atoms. The van der Waals surface area contributed by atoms with E-state index < -0.39 is 0 Å². The molecule has 0 aromatic heterocycles. The Balaban J connectivity index is 1.98. The minimum atomic E-state index is -0.168. The highest BCUT2D eigenvalue weighted by molar-refractivity contribution is 5.75. The number of ether oxygens (including phenoxy) is 2. The molecule has 1 aliphatic rings. The average Bonchev–Trinajstić information content (AvgIpc) is 2.46. The van der Waals surface area contributed by atoms with Crippen LogP contribution in [0.1, 0.15) is 24.3 Å². The van der Waals surface area contributed by atoms with Crippen molar-refractivity contribution in [1.82, 2.24) is 5.32 Å². The van der Waals surface area contributed by atoms with Gasteiger partial charge in [0.25, 0.3) is 0 Å². The van der Waals surface area contributed by atoms with Crippen LogP contribution < -0.4 is 10.1 Å². The van der Waals surface area contributed by atoms with Crippen LogP contribution in [0, 0.1) is 0 Å². The third-order valence-corrected chi connectivity index (χ3v) is 3.47. The zero-order chi connectivity index (χ0) is 13.0. The summed E-state index contributed by atoms with van der Waals surface area (Å²) in [5, 5.41) is 3.24. The standard InChI is InChI=1S/C14H19NO3/c1-17-12-5-3-4-10(8-12)11-6-7-13(15-9-11)14(16)18-2/h3-5,8,11,13,15H,6-7,9H2,1-2H3/t11-,13-/m1/s1. The number of carbonyl (C=O) groups is 1. The van der Waals surface area contributed by atoms with Gasteiger partial charge in [0.1, 0.15) is 11.8 Å². The van der Waals surface area contributed by atoms with Gasteiger partial charge in [-0.1, -0.05) is 12.1 Å². The maximum atomic E-state index is 11.4. The van der Waals surface area contributed by atoms with Crippen molar-refractivity contribution >= 4 is 5.97 Å². The van der Waals surface area contributed by atoms with Gasteiger partial charge in [0.15, 0.2) is 0 Å². The summed E-state index contributed by atoms with van der Waals surface area (Å²) in [4.78, 5) is 11.4. The first kappa shape index (κ1) is 12.9. The summed E-state index contributed by atoms with van der Waals surface area (Å²) in [7, 11) is 3.10. The van der Waals surface area contributed by atoms with Gasteiger partial charge in [-0.25, -0.2) is 0 Å². The van der Waals surface area contributed by atoms with Crippen LogP contribution in [-0.4, -0.2) is 32.8 Å². The summed E-state index contributed by atoms with van der Waals surface area (Å²) in [6, 6.07) is 7.95. The number of hydrogen-bond acceptors (Lipinski definition) is 4. The lowest BCUT2D eigenvalue weighted by Crippen LogP contribution is -2.43. The summed E-state index contributed by atoms with van der Waals surface area (Å²) < 4.78 is 9.97. The normalized spacial score (nSPS) is 23.4. The van der Waals surface area contributed by atoms with Crippen molar-refractivity contribution in [1.29, 1.82) is 0 Å². The van der Waals surface area contributed by atoms with E-state index in [0.717, 1.165) is 25.1 Å². The summed E-state index contributed by atoms with van der Waals surface area (Å²) in [5.41, 5.74) is 1.25. The van der Waals surface area contributed by atoms with E-state index in [9.17, 15) is 4.79 Å². The first-order chi connectivity index (χ1) is 8.74. The van der Waals surface area contributed by atoms with Crippen LogP contribution in [0.15, 0.2) is 24.3 Å². The molecule has 2 rings (SSSR count). The van der Waals surface area contributed by atoms with Crippen molar-refractivity contribution in [2.45, 2.75) is 24.8 Å². The van der Waals surface area contributed by atoms with E-state index in [1.165, 1.54) is 12.7 Å².